The van der Waals surface area contributed by atoms with Crippen LogP contribution in [0.5, 0.6) is 34.5 Å². The molecule has 1 fully saturated rings. The first kappa shape index (κ1) is 26.3. The molecule has 5 atom stereocenters. The van der Waals surface area contributed by atoms with Crippen molar-refractivity contribution in [3.05, 3.63) is 70.3 Å². The third-order valence-corrected chi connectivity index (χ3v) is 6.60. The van der Waals surface area contributed by atoms with E-state index in [9.17, 15) is 45.3 Å². The number of aliphatic hydroxyl groups excluding tert-OH is 3. The Kier molecular flexibility index (Phi) is 6.56. The largest absolute Gasteiger partial charge is 0.507 e. The molecule has 12 nitrogen and oxygen atoms in total. The van der Waals surface area contributed by atoms with E-state index in [2.05, 4.69) is 0 Å². The maximum atomic E-state index is 13.4. The van der Waals surface area contributed by atoms with Gasteiger partial charge in [-0.1, -0.05) is 12.1 Å². The Balaban J connectivity index is 1.41. The van der Waals surface area contributed by atoms with Gasteiger partial charge in [0.25, 0.3) is 0 Å². The van der Waals surface area contributed by atoms with Crippen LogP contribution in [-0.2, 0) is 4.74 Å². The fraction of sp³-hybridized carbons (Fsp3) is 0.259. The highest BCUT2D eigenvalue weighted by Gasteiger charge is 2.46. The summed E-state index contributed by atoms with van der Waals surface area (Å²) in [6, 6.07) is 9.05. The van der Waals surface area contributed by atoms with E-state index in [-0.39, 0.29) is 39.5 Å². The predicted molar refractivity (Wildman–Crippen MR) is 130 cm³/mol. The first-order chi connectivity index (χ1) is 18.5. The second-order valence-electron chi connectivity index (χ2n) is 9.30. The zero-order chi connectivity index (χ0) is 28.2. The molecule has 0 unspecified atom stereocenters. The Morgan fingerprint density at radius 3 is 2.18 bits per heavy atom. The summed E-state index contributed by atoms with van der Waals surface area (Å²) in [6.07, 6.45) is -8.16. The van der Waals surface area contributed by atoms with Gasteiger partial charge in [-0.05, 0) is 30.7 Å². The number of carbonyl (C=O) groups is 2. The molecule has 204 valence electrons. The van der Waals surface area contributed by atoms with Gasteiger partial charge in [0.1, 0.15) is 48.3 Å². The minimum atomic E-state index is -1.79. The number of aliphatic hydroxyl groups is 3. The lowest BCUT2D eigenvalue weighted by Crippen LogP contribution is -2.60. The van der Waals surface area contributed by atoms with Gasteiger partial charge in [-0.15, -0.1) is 0 Å². The molecule has 0 amide bonds. The molecule has 1 saturated heterocycles. The maximum absolute atomic E-state index is 13.4. The number of ether oxygens (including phenoxy) is 3. The van der Waals surface area contributed by atoms with Crippen molar-refractivity contribution < 1.29 is 59.5 Å². The number of hydrogen-bond acceptors (Lipinski definition) is 12. The first-order valence-electron chi connectivity index (χ1n) is 11.8. The topological polar surface area (TPSA) is 203 Å². The van der Waals surface area contributed by atoms with Crippen LogP contribution in [0, 0.1) is 6.92 Å². The smallest absolute Gasteiger partial charge is 0.229 e. The summed E-state index contributed by atoms with van der Waals surface area (Å²) >= 11 is 0. The Hall–Kier alpha value is -4.36. The van der Waals surface area contributed by atoms with E-state index in [0.717, 1.165) is 12.1 Å². The van der Waals surface area contributed by atoms with Gasteiger partial charge in [0.15, 0.2) is 17.3 Å². The lowest BCUT2D eigenvalue weighted by atomic mass is 9.82. The van der Waals surface area contributed by atoms with Crippen molar-refractivity contribution in [2.75, 3.05) is 6.61 Å². The van der Waals surface area contributed by atoms with Crippen molar-refractivity contribution >= 4 is 11.6 Å². The summed E-state index contributed by atoms with van der Waals surface area (Å²) < 4.78 is 16.8. The fourth-order valence-electron chi connectivity index (χ4n) is 4.63. The number of carbonyl (C=O) groups excluding carboxylic acids is 2. The number of ketones is 2. The maximum Gasteiger partial charge on any atom is 0.229 e. The van der Waals surface area contributed by atoms with Crippen molar-refractivity contribution in [2.45, 2.75) is 37.6 Å². The van der Waals surface area contributed by atoms with Crippen LogP contribution in [0.25, 0.3) is 0 Å². The highest BCUT2D eigenvalue weighted by atomic mass is 16.7. The Labute approximate surface area is 220 Å². The number of fused-ring (bicyclic) bond motifs is 2. The number of hydrogen-bond donors (Lipinski definition) is 7. The number of aryl methyl sites for hydroxylation is 1. The normalized spacial score (nSPS) is 24.2. The van der Waals surface area contributed by atoms with Crippen molar-refractivity contribution in [1.29, 1.82) is 0 Å². The molecule has 1 aliphatic carbocycles. The van der Waals surface area contributed by atoms with Gasteiger partial charge in [0, 0.05) is 23.3 Å². The van der Waals surface area contributed by atoms with E-state index in [0.29, 0.717) is 5.56 Å². The van der Waals surface area contributed by atoms with Crippen LogP contribution in [0.4, 0.5) is 0 Å². The Morgan fingerprint density at radius 1 is 0.795 bits per heavy atom. The zero-order valence-corrected chi connectivity index (χ0v) is 20.3. The first-order valence-corrected chi connectivity index (χ1v) is 11.8. The molecule has 0 spiro atoms. The molecule has 3 aromatic carbocycles. The van der Waals surface area contributed by atoms with E-state index in [1.165, 1.54) is 30.3 Å². The molecular formula is C27H24O12. The van der Waals surface area contributed by atoms with Gasteiger partial charge in [0.05, 0.1) is 11.1 Å². The summed E-state index contributed by atoms with van der Waals surface area (Å²) in [6.45, 7) is 1.21. The van der Waals surface area contributed by atoms with Crippen molar-refractivity contribution in [1.82, 2.24) is 0 Å². The number of rotatable bonds is 5. The highest BCUT2D eigenvalue weighted by Crippen LogP contribution is 2.40. The molecule has 12 heteroatoms. The summed E-state index contributed by atoms with van der Waals surface area (Å²) in [7, 11) is 0. The van der Waals surface area contributed by atoms with Crippen LogP contribution in [-0.4, -0.2) is 84.6 Å². The van der Waals surface area contributed by atoms with E-state index in [4.69, 9.17) is 14.2 Å². The van der Waals surface area contributed by atoms with Gasteiger partial charge in [0.2, 0.25) is 17.8 Å². The van der Waals surface area contributed by atoms with Crippen LogP contribution in [0.2, 0.25) is 0 Å². The summed E-state index contributed by atoms with van der Waals surface area (Å²) in [5.41, 5.74) is 0.265. The molecule has 2 aliphatic rings. The van der Waals surface area contributed by atoms with Gasteiger partial charge < -0.3 is 50.0 Å². The second kappa shape index (κ2) is 9.75. The van der Waals surface area contributed by atoms with E-state index in [1.807, 2.05) is 0 Å². The molecule has 39 heavy (non-hydrogen) atoms. The number of phenolic OH excluding ortho intramolecular Hbond substituents is 4. The fourth-order valence-corrected chi connectivity index (χ4v) is 4.63. The highest BCUT2D eigenvalue weighted by molar-refractivity contribution is 6.30. The average Bonchev–Trinajstić information content (AvgIpc) is 2.89. The molecule has 1 heterocycles. The lowest BCUT2D eigenvalue weighted by molar-refractivity contribution is -0.276. The van der Waals surface area contributed by atoms with E-state index >= 15 is 0 Å². The van der Waals surface area contributed by atoms with Crippen LogP contribution < -0.4 is 9.47 Å². The molecular weight excluding hydrogens is 516 g/mol. The van der Waals surface area contributed by atoms with Gasteiger partial charge in [-0.25, -0.2) is 0 Å². The number of aromatic hydroxyl groups is 4. The number of benzene rings is 3. The zero-order valence-electron chi connectivity index (χ0n) is 20.3. The SMILES string of the molecule is Cc1cc(O)c2c(c1)C(=O)c1cccc(O[C@@H]3O[C@H](COc4cc(O)c(O)c(O)c4)[C@@H](O)[C@H](O)[C@H]3O)c1C2=O. The second-order valence-corrected chi connectivity index (χ2v) is 9.30. The third-order valence-electron chi connectivity index (χ3n) is 6.60. The van der Waals surface area contributed by atoms with E-state index < -0.39 is 66.1 Å². The minimum Gasteiger partial charge on any atom is -0.507 e. The van der Waals surface area contributed by atoms with Crippen LogP contribution >= 0.6 is 0 Å². The van der Waals surface area contributed by atoms with Crippen LogP contribution in [0.1, 0.15) is 37.4 Å². The molecule has 0 saturated carbocycles. The lowest BCUT2D eigenvalue weighted by Gasteiger charge is -2.40. The van der Waals surface area contributed by atoms with Crippen LogP contribution in [0.3, 0.4) is 0 Å². The quantitative estimate of drug-likeness (QED) is 0.176. The molecule has 1 aliphatic heterocycles. The van der Waals surface area contributed by atoms with E-state index in [1.54, 1.807) is 6.92 Å². The summed E-state index contributed by atoms with van der Waals surface area (Å²) in [4.78, 5) is 26.5. The molecule has 3 aromatic rings. The number of phenols is 4. The van der Waals surface area contributed by atoms with Gasteiger partial charge in [-0.3, -0.25) is 9.59 Å². The van der Waals surface area contributed by atoms with Crippen molar-refractivity contribution in [3.8, 4) is 34.5 Å². The Bertz CT molecular complexity index is 1460. The van der Waals surface area contributed by atoms with Gasteiger partial charge >= 0.3 is 0 Å². The predicted octanol–water partition coefficient (Wildman–Crippen LogP) is 0.858. The molecule has 7 N–H and O–H groups in total. The Morgan fingerprint density at radius 2 is 1.49 bits per heavy atom. The summed E-state index contributed by atoms with van der Waals surface area (Å²) in [5.74, 6) is -3.94. The van der Waals surface area contributed by atoms with Crippen LogP contribution in [0.15, 0.2) is 42.5 Å². The summed E-state index contributed by atoms with van der Waals surface area (Å²) in [5, 5.41) is 70.6. The molecule has 0 bridgehead atoms. The van der Waals surface area contributed by atoms with Crippen molar-refractivity contribution in [3.63, 3.8) is 0 Å². The third kappa shape index (κ3) is 4.49. The monoisotopic (exact) mass is 540 g/mol. The molecule has 0 radical (unpaired) electrons. The standard InChI is InChI=1S/C27H24O12/c1-10-5-13-19(14(28)6-10)24(34)20-12(21(13)31)3-2-4-17(20)38-27-26(36)25(35)23(33)18(39-27)9-37-11-7-15(29)22(32)16(30)8-11/h2-8,18,23,25-30,32-33,35-36H,9H2,1H3/t18-,23-,25+,26-,27-/m1/s1. The molecule has 0 aromatic heterocycles. The van der Waals surface area contributed by atoms with Gasteiger partial charge in [-0.2, -0.15) is 0 Å². The molecule has 5 rings (SSSR count). The minimum absolute atomic E-state index is 0.00714. The average molecular weight is 540 g/mol. The van der Waals surface area contributed by atoms with Crippen molar-refractivity contribution in [2.24, 2.45) is 0 Å².